The fraction of sp³-hybridized carbons (Fsp3) is 0.409. The highest BCUT2D eigenvalue weighted by atomic mass is 16.5. The lowest BCUT2D eigenvalue weighted by molar-refractivity contribution is -0.121. The Hall–Kier alpha value is -2.29. The fourth-order valence-electron chi connectivity index (χ4n) is 3.43. The zero-order valence-corrected chi connectivity index (χ0v) is 15.0. The first-order valence-corrected chi connectivity index (χ1v) is 9.26. The Balaban J connectivity index is 1.29. The highest BCUT2D eigenvalue weighted by Crippen LogP contribution is 2.34. The van der Waals surface area contributed by atoms with Crippen molar-refractivity contribution in [3.63, 3.8) is 0 Å². The molecule has 0 saturated carbocycles. The molecule has 1 amide bonds. The van der Waals surface area contributed by atoms with Gasteiger partial charge in [0.25, 0.3) is 0 Å². The summed E-state index contributed by atoms with van der Waals surface area (Å²) in [5, 5.41) is 3.05. The highest BCUT2D eigenvalue weighted by Gasteiger charge is 2.23. The number of nitrogens with one attached hydrogen (secondary N) is 1. The number of amides is 1. The van der Waals surface area contributed by atoms with Crippen molar-refractivity contribution >= 4 is 5.91 Å². The second kappa shape index (κ2) is 8.70. The molecule has 3 heteroatoms. The Kier molecular flexibility index (Phi) is 6.10. The number of benzene rings is 2. The van der Waals surface area contributed by atoms with Gasteiger partial charge in [0.15, 0.2) is 0 Å². The largest absolute Gasteiger partial charge is 0.494 e. The van der Waals surface area contributed by atoms with E-state index in [4.69, 9.17) is 4.74 Å². The highest BCUT2D eigenvalue weighted by molar-refractivity contribution is 5.77. The molecule has 2 aromatic rings. The van der Waals surface area contributed by atoms with Crippen LogP contribution in [-0.4, -0.2) is 19.1 Å². The molecule has 0 aliphatic heterocycles. The summed E-state index contributed by atoms with van der Waals surface area (Å²) < 4.78 is 5.70. The second-order valence-electron chi connectivity index (χ2n) is 6.86. The molecule has 1 aliphatic carbocycles. The van der Waals surface area contributed by atoms with Crippen LogP contribution in [-0.2, 0) is 11.2 Å². The molecule has 0 fully saturated rings. The number of fused-ring (bicyclic) bond motifs is 1. The van der Waals surface area contributed by atoms with Crippen molar-refractivity contribution in [1.29, 1.82) is 0 Å². The van der Waals surface area contributed by atoms with Gasteiger partial charge in [0.1, 0.15) is 5.75 Å². The van der Waals surface area contributed by atoms with Gasteiger partial charge in [-0.05, 0) is 61.8 Å². The van der Waals surface area contributed by atoms with E-state index >= 15 is 0 Å². The summed E-state index contributed by atoms with van der Waals surface area (Å²) in [4.78, 5) is 12.2. The van der Waals surface area contributed by atoms with Crippen LogP contribution >= 0.6 is 0 Å². The second-order valence-corrected chi connectivity index (χ2v) is 6.86. The Labute approximate surface area is 150 Å². The Bertz CT molecular complexity index is 693. The number of unbranched alkanes of at least 4 members (excludes halogenated alkanes) is 1. The third-order valence-electron chi connectivity index (χ3n) is 4.87. The van der Waals surface area contributed by atoms with Gasteiger partial charge in [-0.3, -0.25) is 4.79 Å². The third kappa shape index (κ3) is 5.09. The maximum Gasteiger partial charge on any atom is 0.220 e. The summed E-state index contributed by atoms with van der Waals surface area (Å²) in [7, 11) is 0. The van der Waals surface area contributed by atoms with E-state index in [9.17, 15) is 4.79 Å². The molecule has 1 N–H and O–H groups in total. The summed E-state index contributed by atoms with van der Waals surface area (Å²) >= 11 is 0. The van der Waals surface area contributed by atoms with Crippen LogP contribution in [0.25, 0.3) is 0 Å². The van der Waals surface area contributed by atoms with Gasteiger partial charge in [0.2, 0.25) is 5.91 Å². The quantitative estimate of drug-likeness (QED) is 0.726. The van der Waals surface area contributed by atoms with Crippen molar-refractivity contribution < 1.29 is 9.53 Å². The molecule has 25 heavy (non-hydrogen) atoms. The standard InChI is InChI=1S/C22H27NO2/c1-17-8-12-20(13-9-17)25-15-5-4-14-23-22(24)16-19-11-10-18-6-2-3-7-21(18)19/h2-3,6-9,12-13,19H,4-5,10-11,14-16H2,1H3,(H,23,24). The fourth-order valence-corrected chi connectivity index (χ4v) is 3.43. The van der Waals surface area contributed by atoms with Gasteiger partial charge in [-0.1, -0.05) is 42.0 Å². The molecule has 1 unspecified atom stereocenters. The smallest absolute Gasteiger partial charge is 0.220 e. The topological polar surface area (TPSA) is 38.3 Å². The van der Waals surface area contributed by atoms with Crippen molar-refractivity contribution in [3.8, 4) is 5.75 Å². The van der Waals surface area contributed by atoms with Gasteiger partial charge in [-0.15, -0.1) is 0 Å². The van der Waals surface area contributed by atoms with E-state index in [1.807, 2.05) is 12.1 Å². The monoisotopic (exact) mass is 337 g/mol. The van der Waals surface area contributed by atoms with Gasteiger partial charge < -0.3 is 10.1 Å². The van der Waals surface area contributed by atoms with Crippen LogP contribution in [0.3, 0.4) is 0 Å². The number of hydrogen-bond acceptors (Lipinski definition) is 2. The van der Waals surface area contributed by atoms with E-state index in [-0.39, 0.29) is 5.91 Å². The van der Waals surface area contributed by atoms with E-state index in [2.05, 4.69) is 48.6 Å². The number of carbonyl (C=O) groups excluding carboxylic acids is 1. The number of hydrogen-bond donors (Lipinski definition) is 1. The molecule has 0 spiro atoms. The van der Waals surface area contributed by atoms with Crippen molar-refractivity contribution in [2.45, 2.75) is 44.9 Å². The molecule has 2 aromatic carbocycles. The van der Waals surface area contributed by atoms with Crippen LogP contribution in [0.5, 0.6) is 5.75 Å². The van der Waals surface area contributed by atoms with E-state index in [0.717, 1.165) is 38.0 Å². The molecule has 0 saturated heterocycles. The van der Waals surface area contributed by atoms with E-state index in [1.165, 1.54) is 16.7 Å². The summed E-state index contributed by atoms with van der Waals surface area (Å²) in [6, 6.07) is 16.6. The van der Waals surface area contributed by atoms with Crippen LogP contribution < -0.4 is 10.1 Å². The Morgan fingerprint density at radius 1 is 1.12 bits per heavy atom. The average molecular weight is 337 g/mol. The number of aryl methyl sites for hydroxylation is 2. The number of rotatable bonds is 8. The summed E-state index contributed by atoms with van der Waals surface area (Å²) in [6.45, 7) is 3.48. The summed E-state index contributed by atoms with van der Waals surface area (Å²) in [5.74, 6) is 1.47. The molecule has 0 heterocycles. The number of carbonyl (C=O) groups is 1. The SMILES string of the molecule is Cc1ccc(OCCCCNC(=O)CC2CCc3ccccc32)cc1. The van der Waals surface area contributed by atoms with E-state index < -0.39 is 0 Å². The lowest BCUT2D eigenvalue weighted by Gasteiger charge is -2.12. The maximum absolute atomic E-state index is 12.2. The molecule has 3 nitrogen and oxygen atoms in total. The first-order chi connectivity index (χ1) is 12.2. The van der Waals surface area contributed by atoms with E-state index in [1.54, 1.807) is 0 Å². The van der Waals surface area contributed by atoms with Gasteiger partial charge in [0, 0.05) is 13.0 Å². The van der Waals surface area contributed by atoms with Crippen LogP contribution in [0.1, 0.15) is 48.3 Å². The molecule has 132 valence electrons. The van der Waals surface area contributed by atoms with Gasteiger partial charge in [-0.2, -0.15) is 0 Å². The third-order valence-corrected chi connectivity index (χ3v) is 4.87. The summed E-state index contributed by atoms with van der Waals surface area (Å²) in [6.07, 6.45) is 4.69. The molecule has 0 bridgehead atoms. The predicted molar refractivity (Wildman–Crippen MR) is 101 cm³/mol. The van der Waals surface area contributed by atoms with Crippen LogP contribution in [0.15, 0.2) is 48.5 Å². The summed E-state index contributed by atoms with van der Waals surface area (Å²) in [5.41, 5.74) is 4.01. The minimum atomic E-state index is 0.168. The van der Waals surface area contributed by atoms with Gasteiger partial charge in [0.05, 0.1) is 6.61 Å². The molecular formula is C22H27NO2. The molecule has 0 radical (unpaired) electrons. The van der Waals surface area contributed by atoms with Crippen molar-refractivity contribution in [2.75, 3.05) is 13.2 Å². The lowest BCUT2D eigenvalue weighted by Crippen LogP contribution is -2.26. The average Bonchev–Trinajstić information content (AvgIpc) is 3.02. The minimum absolute atomic E-state index is 0.168. The van der Waals surface area contributed by atoms with Crippen LogP contribution in [0, 0.1) is 6.92 Å². The van der Waals surface area contributed by atoms with E-state index in [0.29, 0.717) is 18.9 Å². The van der Waals surface area contributed by atoms with Crippen molar-refractivity contribution in [2.24, 2.45) is 0 Å². The molecule has 1 atom stereocenters. The lowest BCUT2D eigenvalue weighted by atomic mass is 9.97. The van der Waals surface area contributed by atoms with Crippen molar-refractivity contribution in [3.05, 3.63) is 65.2 Å². The van der Waals surface area contributed by atoms with Crippen molar-refractivity contribution in [1.82, 2.24) is 5.32 Å². The minimum Gasteiger partial charge on any atom is -0.494 e. The Morgan fingerprint density at radius 3 is 2.76 bits per heavy atom. The van der Waals surface area contributed by atoms with Crippen LogP contribution in [0.4, 0.5) is 0 Å². The maximum atomic E-state index is 12.2. The first kappa shape index (κ1) is 17.5. The predicted octanol–water partition coefficient (Wildman–Crippen LogP) is 4.39. The molecule has 3 rings (SSSR count). The van der Waals surface area contributed by atoms with Crippen LogP contribution in [0.2, 0.25) is 0 Å². The number of ether oxygens (including phenoxy) is 1. The van der Waals surface area contributed by atoms with Gasteiger partial charge in [-0.25, -0.2) is 0 Å². The van der Waals surface area contributed by atoms with Gasteiger partial charge >= 0.3 is 0 Å². The molecule has 0 aromatic heterocycles. The molecular weight excluding hydrogens is 310 g/mol. The zero-order chi connectivity index (χ0) is 17.5. The zero-order valence-electron chi connectivity index (χ0n) is 15.0. The first-order valence-electron chi connectivity index (χ1n) is 9.26. The Morgan fingerprint density at radius 2 is 1.92 bits per heavy atom. The molecule has 1 aliphatic rings. The normalized spacial score (nSPS) is 15.6.